The van der Waals surface area contributed by atoms with Crippen molar-refractivity contribution in [1.82, 2.24) is 15.1 Å². The number of aromatic amines is 1. The third-order valence-corrected chi connectivity index (χ3v) is 3.78. The molecule has 1 aromatic heterocycles. The lowest BCUT2D eigenvalue weighted by molar-refractivity contribution is -0.140. The van der Waals surface area contributed by atoms with E-state index in [1.165, 1.54) is 16.7 Å². The number of carbonyl (C=O) groups excluding carboxylic acids is 1. The monoisotopic (exact) mass is 255 g/mol. The van der Waals surface area contributed by atoms with Crippen molar-refractivity contribution >= 4 is 23.6 Å². The lowest BCUT2D eigenvalue weighted by Gasteiger charge is -2.20. The van der Waals surface area contributed by atoms with Crippen molar-refractivity contribution in [2.24, 2.45) is 0 Å². The summed E-state index contributed by atoms with van der Waals surface area (Å²) in [4.78, 5) is 24.7. The van der Waals surface area contributed by atoms with E-state index < -0.39 is 12.0 Å². The topological polar surface area (TPSA) is 86.3 Å². The van der Waals surface area contributed by atoms with Crippen molar-refractivity contribution < 1.29 is 14.7 Å². The Labute approximate surface area is 102 Å². The molecule has 0 aromatic carbocycles. The molecule has 0 aliphatic carbocycles. The number of rotatable bonds is 2. The van der Waals surface area contributed by atoms with Gasteiger partial charge >= 0.3 is 5.97 Å². The Morgan fingerprint density at radius 3 is 2.76 bits per heavy atom. The second-order valence-corrected chi connectivity index (χ2v) is 4.94. The number of aliphatic carboxylic acids is 1. The maximum absolute atomic E-state index is 12.3. The average molecular weight is 255 g/mol. The van der Waals surface area contributed by atoms with Crippen LogP contribution in [0.2, 0.25) is 0 Å². The quantitative estimate of drug-likeness (QED) is 0.809. The van der Waals surface area contributed by atoms with Gasteiger partial charge in [-0.2, -0.15) is 5.10 Å². The molecular formula is C10H13N3O3S. The van der Waals surface area contributed by atoms with Gasteiger partial charge in [-0.25, -0.2) is 4.79 Å². The number of amides is 1. The average Bonchev–Trinajstić information content (AvgIpc) is 2.85. The van der Waals surface area contributed by atoms with Crippen LogP contribution in [-0.2, 0) is 4.79 Å². The van der Waals surface area contributed by atoms with Crippen molar-refractivity contribution in [2.75, 3.05) is 11.6 Å². The Morgan fingerprint density at radius 2 is 2.24 bits per heavy atom. The van der Waals surface area contributed by atoms with Crippen LogP contribution in [0.15, 0.2) is 0 Å². The number of thioether (sulfide) groups is 1. The summed E-state index contributed by atoms with van der Waals surface area (Å²) in [5, 5.41) is 15.7. The number of hydrogen-bond acceptors (Lipinski definition) is 4. The molecule has 1 aliphatic heterocycles. The fraction of sp³-hybridized carbons (Fsp3) is 0.500. The van der Waals surface area contributed by atoms with E-state index in [0.717, 1.165) is 0 Å². The van der Waals surface area contributed by atoms with Crippen molar-refractivity contribution in [3.8, 4) is 0 Å². The molecule has 0 spiro atoms. The molecular weight excluding hydrogens is 242 g/mol. The van der Waals surface area contributed by atoms with Crippen molar-refractivity contribution in [1.29, 1.82) is 0 Å². The van der Waals surface area contributed by atoms with E-state index in [-0.39, 0.29) is 5.91 Å². The fourth-order valence-corrected chi connectivity index (χ4v) is 3.00. The summed E-state index contributed by atoms with van der Waals surface area (Å²) in [6.45, 7) is 3.49. The van der Waals surface area contributed by atoms with Gasteiger partial charge in [0.25, 0.3) is 5.91 Å². The van der Waals surface area contributed by atoms with Crippen LogP contribution in [0.3, 0.4) is 0 Å². The summed E-state index contributed by atoms with van der Waals surface area (Å²) in [5.74, 6) is -0.357. The number of carboxylic acids is 1. The first kappa shape index (κ1) is 12.0. The standard InChI is InChI=1S/C10H13N3O3S/c1-5-8(6(2)12-11-5)9(14)13-4-17-3-7(13)10(15)16/h7H,3-4H2,1-2H3,(H,11,12)(H,15,16). The fourth-order valence-electron chi connectivity index (χ4n) is 1.86. The zero-order valence-corrected chi connectivity index (χ0v) is 10.4. The zero-order valence-electron chi connectivity index (χ0n) is 9.56. The second-order valence-electron chi connectivity index (χ2n) is 3.94. The molecule has 1 aliphatic rings. The number of aromatic nitrogens is 2. The highest BCUT2D eigenvalue weighted by molar-refractivity contribution is 7.99. The number of aryl methyl sites for hydroxylation is 2. The van der Waals surface area contributed by atoms with Gasteiger partial charge in [0.05, 0.1) is 17.1 Å². The molecule has 17 heavy (non-hydrogen) atoms. The molecule has 7 heteroatoms. The van der Waals surface area contributed by atoms with Gasteiger partial charge in [0.15, 0.2) is 0 Å². The van der Waals surface area contributed by atoms with Gasteiger partial charge in [-0.3, -0.25) is 9.89 Å². The van der Waals surface area contributed by atoms with Crippen LogP contribution in [-0.4, -0.2) is 49.8 Å². The van der Waals surface area contributed by atoms with Gasteiger partial charge in [0, 0.05) is 11.4 Å². The third kappa shape index (κ3) is 2.02. The minimum absolute atomic E-state index is 0.258. The molecule has 0 radical (unpaired) electrons. The molecule has 1 fully saturated rings. The highest BCUT2D eigenvalue weighted by Gasteiger charge is 2.36. The van der Waals surface area contributed by atoms with Crippen LogP contribution in [0.4, 0.5) is 0 Å². The molecule has 1 saturated heterocycles. The molecule has 2 heterocycles. The van der Waals surface area contributed by atoms with E-state index in [1.54, 1.807) is 13.8 Å². The van der Waals surface area contributed by atoms with Crippen LogP contribution in [0, 0.1) is 13.8 Å². The minimum Gasteiger partial charge on any atom is -0.480 e. The van der Waals surface area contributed by atoms with Crippen molar-refractivity contribution in [3.05, 3.63) is 17.0 Å². The first-order valence-corrected chi connectivity index (χ1v) is 6.31. The highest BCUT2D eigenvalue weighted by Crippen LogP contribution is 2.24. The molecule has 1 aromatic rings. The summed E-state index contributed by atoms with van der Waals surface area (Å²) in [6.07, 6.45) is 0. The van der Waals surface area contributed by atoms with Gasteiger partial charge in [0.1, 0.15) is 6.04 Å². The number of nitrogens with one attached hydrogen (secondary N) is 1. The molecule has 2 rings (SSSR count). The molecule has 6 nitrogen and oxygen atoms in total. The largest absolute Gasteiger partial charge is 0.480 e. The number of carbonyl (C=O) groups is 2. The smallest absolute Gasteiger partial charge is 0.327 e. The van der Waals surface area contributed by atoms with Gasteiger partial charge in [0.2, 0.25) is 0 Å². The number of nitrogens with zero attached hydrogens (tertiary/aromatic N) is 2. The lowest BCUT2D eigenvalue weighted by Crippen LogP contribution is -2.42. The first-order valence-electron chi connectivity index (χ1n) is 5.15. The molecule has 2 N–H and O–H groups in total. The van der Waals surface area contributed by atoms with Crippen LogP contribution < -0.4 is 0 Å². The summed E-state index contributed by atoms with van der Waals surface area (Å²) >= 11 is 1.45. The molecule has 1 unspecified atom stereocenters. The predicted octanol–water partition coefficient (Wildman–Crippen LogP) is 0.626. The van der Waals surface area contributed by atoms with E-state index in [4.69, 9.17) is 5.11 Å². The Kier molecular flexibility index (Phi) is 3.10. The number of carboxylic acid groups (broad SMARTS) is 1. The van der Waals surface area contributed by atoms with Crippen molar-refractivity contribution in [3.63, 3.8) is 0 Å². The Bertz CT molecular complexity index is 452. The number of hydrogen-bond donors (Lipinski definition) is 2. The third-order valence-electron chi connectivity index (χ3n) is 2.77. The Morgan fingerprint density at radius 1 is 1.53 bits per heavy atom. The molecule has 1 atom stereocenters. The van der Waals surface area contributed by atoms with Gasteiger partial charge in [-0.15, -0.1) is 11.8 Å². The molecule has 1 amide bonds. The van der Waals surface area contributed by atoms with E-state index in [2.05, 4.69) is 10.2 Å². The van der Waals surface area contributed by atoms with Crippen LogP contribution in [0.5, 0.6) is 0 Å². The molecule has 0 bridgehead atoms. The predicted molar refractivity (Wildman–Crippen MR) is 63.0 cm³/mol. The van der Waals surface area contributed by atoms with E-state index in [0.29, 0.717) is 28.6 Å². The van der Waals surface area contributed by atoms with E-state index >= 15 is 0 Å². The molecule has 0 saturated carbocycles. The second kappa shape index (κ2) is 4.40. The highest BCUT2D eigenvalue weighted by atomic mass is 32.2. The Balaban J connectivity index is 2.29. The minimum atomic E-state index is -0.956. The van der Waals surface area contributed by atoms with Gasteiger partial charge < -0.3 is 10.0 Å². The summed E-state index contributed by atoms with van der Waals surface area (Å²) in [5.41, 5.74) is 1.76. The number of H-pyrrole nitrogens is 1. The van der Waals surface area contributed by atoms with Crippen molar-refractivity contribution in [2.45, 2.75) is 19.9 Å². The summed E-state index contributed by atoms with van der Waals surface area (Å²) in [6, 6.07) is -0.735. The first-order chi connectivity index (χ1) is 8.02. The normalized spacial score (nSPS) is 19.6. The lowest BCUT2D eigenvalue weighted by atomic mass is 10.1. The van der Waals surface area contributed by atoms with Crippen LogP contribution >= 0.6 is 11.8 Å². The van der Waals surface area contributed by atoms with E-state index in [9.17, 15) is 9.59 Å². The summed E-state index contributed by atoms with van der Waals surface area (Å²) < 4.78 is 0. The maximum Gasteiger partial charge on any atom is 0.327 e. The maximum atomic E-state index is 12.3. The molecule has 92 valence electrons. The summed E-state index contributed by atoms with van der Waals surface area (Å²) in [7, 11) is 0. The SMILES string of the molecule is Cc1n[nH]c(C)c1C(=O)N1CSCC1C(=O)O. The van der Waals surface area contributed by atoms with Gasteiger partial charge in [-0.05, 0) is 13.8 Å². The van der Waals surface area contributed by atoms with Crippen LogP contribution in [0.1, 0.15) is 21.7 Å². The zero-order chi connectivity index (χ0) is 12.6. The van der Waals surface area contributed by atoms with Gasteiger partial charge in [-0.1, -0.05) is 0 Å². The Hall–Kier alpha value is -1.50. The van der Waals surface area contributed by atoms with E-state index in [1.807, 2.05) is 0 Å². The van der Waals surface area contributed by atoms with Crippen LogP contribution in [0.25, 0.3) is 0 Å².